The number of allylic oxidation sites excluding steroid dienone is 6. The standard InChI is InChI=1S/C30H39NO4/c1-6-21(32)7-8-24(33)28(4)18-19-17-20(31)9-13-26(19,2)22-10-14-27(3)23(29(22,28)5)11-15-30(27)16-12-25(34)35-30/h7-8,10,17,23,31H,6,9,11-16,18H2,1-5H3/b8-7+,31-20?/t23?,26-,27-,28-,29+,30+/m0/s1. The molecule has 3 fully saturated rings. The molecule has 0 aromatic heterocycles. The van der Waals surface area contributed by atoms with Crippen molar-refractivity contribution in [3.8, 4) is 0 Å². The summed E-state index contributed by atoms with van der Waals surface area (Å²) in [6.07, 6.45) is 13.8. The molecule has 35 heavy (non-hydrogen) atoms. The molecule has 4 aliphatic carbocycles. The smallest absolute Gasteiger partial charge is 0.306 e. The first-order valence-electron chi connectivity index (χ1n) is 13.3. The summed E-state index contributed by atoms with van der Waals surface area (Å²) < 4.78 is 6.12. The Morgan fingerprint density at radius 3 is 2.51 bits per heavy atom. The molecule has 1 saturated heterocycles. The van der Waals surface area contributed by atoms with E-state index in [1.54, 1.807) is 6.92 Å². The van der Waals surface area contributed by atoms with Gasteiger partial charge in [0.25, 0.3) is 0 Å². The van der Waals surface area contributed by atoms with Gasteiger partial charge in [-0.1, -0.05) is 51.8 Å². The molecule has 5 nitrogen and oxygen atoms in total. The average Bonchev–Trinajstić information content (AvgIpc) is 3.34. The summed E-state index contributed by atoms with van der Waals surface area (Å²) in [7, 11) is 0. The molecule has 2 saturated carbocycles. The van der Waals surface area contributed by atoms with Gasteiger partial charge in [0.15, 0.2) is 11.6 Å². The fourth-order valence-electron chi connectivity index (χ4n) is 8.87. The third kappa shape index (κ3) is 2.99. The SMILES string of the molecule is CCC(=O)/C=C/C(=O)[C@]1(C)CC2=CC(=N)CC[C@]2(C)C2=CC[C@@]3(C)C(CC[C@@]34CCC(=O)O4)[C@@]21C. The molecular weight excluding hydrogens is 438 g/mol. The molecule has 5 aliphatic rings. The van der Waals surface area contributed by atoms with Gasteiger partial charge in [-0.3, -0.25) is 14.4 Å². The number of esters is 1. The predicted molar refractivity (Wildman–Crippen MR) is 135 cm³/mol. The van der Waals surface area contributed by atoms with Gasteiger partial charge >= 0.3 is 5.97 Å². The van der Waals surface area contributed by atoms with E-state index in [2.05, 4.69) is 33.8 Å². The maximum Gasteiger partial charge on any atom is 0.306 e. The van der Waals surface area contributed by atoms with Gasteiger partial charge in [0, 0.05) is 40.2 Å². The minimum atomic E-state index is -0.757. The zero-order valence-electron chi connectivity index (χ0n) is 21.9. The van der Waals surface area contributed by atoms with Gasteiger partial charge in [-0.25, -0.2) is 0 Å². The number of hydrogen-bond donors (Lipinski definition) is 1. The van der Waals surface area contributed by atoms with E-state index >= 15 is 0 Å². The highest BCUT2D eigenvalue weighted by molar-refractivity contribution is 6.02. The highest BCUT2D eigenvalue weighted by atomic mass is 16.6. The predicted octanol–water partition coefficient (Wildman–Crippen LogP) is 6.08. The van der Waals surface area contributed by atoms with Gasteiger partial charge in [-0.15, -0.1) is 0 Å². The van der Waals surface area contributed by atoms with Crippen molar-refractivity contribution < 1.29 is 19.1 Å². The Kier molecular flexibility index (Phi) is 5.30. The molecule has 1 aliphatic heterocycles. The summed E-state index contributed by atoms with van der Waals surface area (Å²) >= 11 is 0. The summed E-state index contributed by atoms with van der Waals surface area (Å²) in [5, 5.41) is 8.37. The van der Waals surface area contributed by atoms with Crippen LogP contribution in [0.25, 0.3) is 0 Å². The lowest BCUT2D eigenvalue weighted by Gasteiger charge is -2.66. The monoisotopic (exact) mass is 477 g/mol. The van der Waals surface area contributed by atoms with E-state index in [4.69, 9.17) is 10.1 Å². The molecule has 5 heteroatoms. The van der Waals surface area contributed by atoms with Crippen molar-refractivity contribution in [2.45, 2.75) is 98.0 Å². The number of fused-ring (bicyclic) bond motifs is 6. The number of hydrogen-bond acceptors (Lipinski definition) is 5. The van der Waals surface area contributed by atoms with E-state index in [0.29, 0.717) is 25.0 Å². The first-order valence-corrected chi connectivity index (χ1v) is 13.3. The highest BCUT2D eigenvalue weighted by Gasteiger charge is 2.73. The lowest BCUT2D eigenvalue weighted by Crippen LogP contribution is -2.62. The quantitative estimate of drug-likeness (QED) is 0.302. The van der Waals surface area contributed by atoms with Gasteiger partial charge in [0.2, 0.25) is 0 Å². The Hall–Kier alpha value is -2.30. The molecule has 1 unspecified atom stereocenters. The second-order valence-electron chi connectivity index (χ2n) is 12.6. The Morgan fingerprint density at radius 1 is 1.11 bits per heavy atom. The lowest BCUT2D eigenvalue weighted by atomic mass is 9.37. The molecule has 1 N–H and O–H groups in total. The number of rotatable bonds is 4. The van der Waals surface area contributed by atoms with E-state index in [1.807, 2.05) is 6.08 Å². The number of nitrogens with one attached hydrogen (secondary N) is 1. The van der Waals surface area contributed by atoms with E-state index in [0.717, 1.165) is 38.5 Å². The van der Waals surface area contributed by atoms with Crippen LogP contribution in [0, 0.1) is 33.0 Å². The van der Waals surface area contributed by atoms with Crippen LogP contribution in [0.2, 0.25) is 0 Å². The summed E-state index contributed by atoms with van der Waals surface area (Å²) in [4.78, 5) is 38.5. The van der Waals surface area contributed by atoms with Crippen LogP contribution in [0.3, 0.4) is 0 Å². The minimum Gasteiger partial charge on any atom is -0.458 e. The topological polar surface area (TPSA) is 84.3 Å². The third-order valence-electron chi connectivity index (χ3n) is 11.2. The number of ether oxygens (including phenoxy) is 1. The van der Waals surface area contributed by atoms with Crippen LogP contribution in [0.5, 0.6) is 0 Å². The Bertz CT molecular complexity index is 1130. The maximum atomic E-state index is 14.1. The first kappa shape index (κ1) is 24.4. The normalized spacial score (nSPS) is 44.4. The number of ketones is 2. The fraction of sp³-hybridized carbons (Fsp3) is 0.667. The van der Waals surface area contributed by atoms with Gasteiger partial charge in [-0.05, 0) is 69.1 Å². The Balaban J connectivity index is 1.70. The van der Waals surface area contributed by atoms with Gasteiger partial charge in [0.05, 0.1) is 0 Å². The Labute approximate surface area is 209 Å². The zero-order valence-corrected chi connectivity index (χ0v) is 21.9. The van der Waals surface area contributed by atoms with Crippen molar-refractivity contribution in [2.24, 2.45) is 27.6 Å². The van der Waals surface area contributed by atoms with E-state index in [-0.39, 0.29) is 34.3 Å². The number of carbonyl (C=O) groups is 3. The van der Waals surface area contributed by atoms with Crippen LogP contribution in [0.15, 0.2) is 35.5 Å². The Morgan fingerprint density at radius 2 is 1.86 bits per heavy atom. The summed E-state index contributed by atoms with van der Waals surface area (Å²) in [6, 6.07) is 0. The molecule has 0 aromatic carbocycles. The molecule has 188 valence electrons. The summed E-state index contributed by atoms with van der Waals surface area (Å²) in [5.74, 6) is 0.0258. The van der Waals surface area contributed by atoms with Crippen LogP contribution in [0.4, 0.5) is 0 Å². The van der Waals surface area contributed by atoms with Crippen LogP contribution < -0.4 is 0 Å². The van der Waals surface area contributed by atoms with E-state index in [9.17, 15) is 14.4 Å². The highest BCUT2D eigenvalue weighted by Crippen LogP contribution is 2.76. The first-order chi connectivity index (χ1) is 16.4. The van der Waals surface area contributed by atoms with Crippen LogP contribution in [-0.4, -0.2) is 28.8 Å². The summed E-state index contributed by atoms with van der Waals surface area (Å²) in [6.45, 7) is 10.8. The van der Waals surface area contributed by atoms with E-state index in [1.165, 1.54) is 23.3 Å². The van der Waals surface area contributed by atoms with Crippen molar-refractivity contribution in [2.75, 3.05) is 0 Å². The van der Waals surface area contributed by atoms with Crippen molar-refractivity contribution in [1.29, 1.82) is 5.41 Å². The third-order valence-corrected chi connectivity index (χ3v) is 11.2. The van der Waals surface area contributed by atoms with Crippen molar-refractivity contribution in [3.63, 3.8) is 0 Å². The second-order valence-corrected chi connectivity index (χ2v) is 12.6. The van der Waals surface area contributed by atoms with Gasteiger partial charge in [-0.2, -0.15) is 0 Å². The molecule has 0 amide bonds. The average molecular weight is 478 g/mol. The molecular formula is C30H39NO4. The number of carbonyl (C=O) groups excluding carboxylic acids is 3. The minimum absolute atomic E-state index is 0.0126. The largest absolute Gasteiger partial charge is 0.458 e. The molecule has 1 spiro atoms. The second kappa shape index (κ2) is 7.60. The molecule has 0 aromatic rings. The fourth-order valence-corrected chi connectivity index (χ4v) is 8.87. The molecule has 5 rings (SSSR count). The van der Waals surface area contributed by atoms with E-state index < -0.39 is 16.4 Å². The molecule has 0 radical (unpaired) electrons. The van der Waals surface area contributed by atoms with Crippen LogP contribution >= 0.6 is 0 Å². The van der Waals surface area contributed by atoms with Crippen molar-refractivity contribution in [1.82, 2.24) is 0 Å². The molecule has 0 bridgehead atoms. The van der Waals surface area contributed by atoms with Crippen molar-refractivity contribution in [3.05, 3.63) is 35.5 Å². The molecule has 1 heterocycles. The zero-order chi connectivity index (χ0) is 25.4. The lowest BCUT2D eigenvalue weighted by molar-refractivity contribution is -0.168. The van der Waals surface area contributed by atoms with Gasteiger partial charge in [0.1, 0.15) is 5.60 Å². The summed E-state index contributed by atoms with van der Waals surface area (Å²) in [5.41, 5.74) is 1.06. The maximum absolute atomic E-state index is 14.1. The van der Waals surface area contributed by atoms with Crippen LogP contribution in [0.1, 0.15) is 92.4 Å². The van der Waals surface area contributed by atoms with Gasteiger partial charge < -0.3 is 10.1 Å². The van der Waals surface area contributed by atoms with Crippen LogP contribution in [-0.2, 0) is 19.1 Å². The van der Waals surface area contributed by atoms with Crippen molar-refractivity contribution >= 4 is 23.2 Å². The molecule has 6 atom stereocenters.